The highest BCUT2D eigenvalue weighted by Gasteiger charge is 2.52. The average molecular weight is 596 g/mol. The third-order valence-corrected chi connectivity index (χ3v) is 9.58. The number of likely N-dealkylation sites (tertiary alicyclic amines) is 2. The van der Waals surface area contributed by atoms with E-state index in [1.165, 1.54) is 11.2 Å². The average Bonchev–Trinajstić information content (AvgIpc) is 3.60. The Bertz CT molecular complexity index is 1400. The van der Waals surface area contributed by atoms with Crippen LogP contribution in [0.25, 0.3) is 11.2 Å². The summed E-state index contributed by atoms with van der Waals surface area (Å²) in [4.78, 5) is 42.0. The fraction of sp³-hybridized carbons (Fsp3) is 0.552. The summed E-state index contributed by atoms with van der Waals surface area (Å²) in [5.41, 5.74) is 7.73. The van der Waals surface area contributed by atoms with Gasteiger partial charge >= 0.3 is 12.1 Å². The lowest BCUT2D eigenvalue weighted by Crippen LogP contribution is -2.51. The largest absolute Gasteiger partial charge is 0.465 e. The van der Waals surface area contributed by atoms with Crippen molar-refractivity contribution in [3.05, 3.63) is 48.5 Å². The van der Waals surface area contributed by atoms with Crippen LogP contribution in [0.15, 0.2) is 43.0 Å². The van der Waals surface area contributed by atoms with Gasteiger partial charge in [0.15, 0.2) is 11.5 Å². The molecule has 3 aliphatic rings. The fourth-order valence-corrected chi connectivity index (χ4v) is 7.49. The van der Waals surface area contributed by atoms with Crippen molar-refractivity contribution >= 4 is 40.8 Å². The third kappa shape index (κ3) is 5.64. The summed E-state index contributed by atoms with van der Waals surface area (Å²) in [5.74, 6) is 0.603. The lowest BCUT2D eigenvalue weighted by atomic mass is 9.80. The zero-order valence-electron chi connectivity index (χ0n) is 23.6. The summed E-state index contributed by atoms with van der Waals surface area (Å²) >= 11 is 1.66. The molecule has 13 heteroatoms. The molecule has 12 nitrogen and oxygen atoms in total. The van der Waals surface area contributed by atoms with Gasteiger partial charge in [-0.05, 0) is 56.5 Å². The fourth-order valence-electron chi connectivity index (χ4n) is 6.89. The number of nitrogens with two attached hydrogens (primary N) is 1. The monoisotopic (exact) mass is 595 g/mol. The number of esters is 1. The molecule has 3 N–H and O–H groups in total. The van der Waals surface area contributed by atoms with E-state index in [9.17, 15) is 14.7 Å². The van der Waals surface area contributed by atoms with Crippen molar-refractivity contribution in [1.29, 1.82) is 0 Å². The number of nitrogen functional groups attached to an aromatic ring is 1. The Balaban J connectivity index is 1.32. The molecule has 2 unspecified atom stereocenters. The van der Waals surface area contributed by atoms with Gasteiger partial charge < -0.3 is 25.2 Å². The molecule has 224 valence electrons. The van der Waals surface area contributed by atoms with Gasteiger partial charge in [-0.2, -0.15) is 11.8 Å². The van der Waals surface area contributed by atoms with Crippen molar-refractivity contribution in [1.82, 2.24) is 29.3 Å². The maximum absolute atomic E-state index is 13.4. The number of imidazole rings is 1. The Morgan fingerprint density at radius 3 is 2.64 bits per heavy atom. The number of carbonyl (C=O) groups is 2. The molecule has 0 radical (unpaired) electrons. The molecule has 5 heterocycles. The van der Waals surface area contributed by atoms with E-state index in [0.29, 0.717) is 47.4 Å². The minimum atomic E-state index is -0.851. The van der Waals surface area contributed by atoms with Crippen molar-refractivity contribution in [3.8, 4) is 0 Å². The lowest BCUT2D eigenvalue weighted by Gasteiger charge is -2.44. The highest BCUT2D eigenvalue weighted by molar-refractivity contribution is 7.98. The van der Waals surface area contributed by atoms with Crippen molar-refractivity contribution in [2.75, 3.05) is 43.9 Å². The minimum Gasteiger partial charge on any atom is -0.465 e. The summed E-state index contributed by atoms with van der Waals surface area (Å²) in [6, 6.07) is 9.39. The summed E-state index contributed by atoms with van der Waals surface area (Å²) in [7, 11) is 0. The normalized spacial score (nSPS) is 27.4. The third-order valence-electron chi connectivity index (χ3n) is 8.92. The smallest absolute Gasteiger partial charge is 0.407 e. The van der Waals surface area contributed by atoms with Gasteiger partial charge in [0.1, 0.15) is 30.3 Å². The first-order valence-corrected chi connectivity index (χ1v) is 15.9. The quantitative estimate of drug-likeness (QED) is 0.387. The molecule has 0 spiro atoms. The van der Waals surface area contributed by atoms with Crippen LogP contribution in [-0.4, -0.2) is 103 Å². The Hall–Kier alpha value is -3.42. The van der Waals surface area contributed by atoms with E-state index in [4.69, 9.17) is 15.2 Å². The van der Waals surface area contributed by atoms with Crippen LogP contribution in [0.5, 0.6) is 0 Å². The second-order valence-electron chi connectivity index (χ2n) is 11.3. The molecule has 5 atom stereocenters. The molecule has 2 aromatic heterocycles. The number of nitrogens with zero attached hydrogens (tertiary/aromatic N) is 6. The van der Waals surface area contributed by atoms with Crippen molar-refractivity contribution in [2.45, 2.75) is 50.2 Å². The van der Waals surface area contributed by atoms with Crippen LogP contribution in [0.3, 0.4) is 0 Å². The molecule has 3 aliphatic heterocycles. The first-order valence-electron chi connectivity index (χ1n) is 14.5. The van der Waals surface area contributed by atoms with Crippen LogP contribution in [-0.2, 0) is 9.47 Å². The summed E-state index contributed by atoms with van der Waals surface area (Å²) < 4.78 is 15.0. The van der Waals surface area contributed by atoms with Crippen LogP contribution in [0.2, 0.25) is 0 Å². The molecule has 42 heavy (non-hydrogen) atoms. The maximum atomic E-state index is 13.4. The van der Waals surface area contributed by atoms with Gasteiger partial charge in [0.2, 0.25) is 0 Å². The summed E-state index contributed by atoms with van der Waals surface area (Å²) in [6.07, 6.45) is 6.62. The van der Waals surface area contributed by atoms with E-state index < -0.39 is 18.4 Å². The highest BCUT2D eigenvalue weighted by Crippen LogP contribution is 2.46. The van der Waals surface area contributed by atoms with Gasteiger partial charge in [-0.25, -0.2) is 24.5 Å². The molecule has 0 aliphatic carbocycles. The van der Waals surface area contributed by atoms with Crippen LogP contribution in [0, 0.1) is 11.8 Å². The van der Waals surface area contributed by atoms with E-state index in [0.717, 1.165) is 38.8 Å². The number of thioether (sulfide) groups is 1. The van der Waals surface area contributed by atoms with Crippen LogP contribution in [0.4, 0.5) is 10.6 Å². The van der Waals surface area contributed by atoms with Gasteiger partial charge in [0.25, 0.3) is 0 Å². The number of hydrogen-bond donors (Lipinski definition) is 2. The zero-order valence-corrected chi connectivity index (χ0v) is 24.4. The predicted molar refractivity (Wildman–Crippen MR) is 158 cm³/mol. The molecule has 3 fully saturated rings. The lowest BCUT2D eigenvalue weighted by molar-refractivity contribution is -0.0242. The van der Waals surface area contributed by atoms with E-state index >= 15 is 0 Å². The molecule has 0 saturated carbocycles. The van der Waals surface area contributed by atoms with Gasteiger partial charge in [-0.15, -0.1) is 0 Å². The zero-order chi connectivity index (χ0) is 29.2. The summed E-state index contributed by atoms with van der Waals surface area (Å²) in [6.45, 7) is 2.88. The van der Waals surface area contributed by atoms with Crippen molar-refractivity contribution in [3.63, 3.8) is 0 Å². The molecular weight excluding hydrogens is 558 g/mol. The minimum absolute atomic E-state index is 0.162. The standard InChI is InChI=1S/C29H37N7O5S/c1-42-15-21-24(41-28(37)18-6-3-2-4-7-18)22(27(40-21)36-17-33-23-25(30)31-16-32-26(23)36)19-8-5-11-35(14-19)20-9-12-34(13-10-20)29(38)39/h2-4,6-7,16-17,19-22,24,27H,5,8-15H2,1H3,(H,38,39)(H2,30,31,32)/t19?,21?,22-,24-,27-/m1/s1. The van der Waals surface area contributed by atoms with Gasteiger partial charge in [-0.1, -0.05) is 18.2 Å². The van der Waals surface area contributed by atoms with Crippen molar-refractivity contribution in [2.24, 2.45) is 11.8 Å². The van der Waals surface area contributed by atoms with E-state index in [2.05, 4.69) is 19.9 Å². The van der Waals surface area contributed by atoms with Crippen molar-refractivity contribution < 1.29 is 24.2 Å². The maximum Gasteiger partial charge on any atom is 0.407 e. The second-order valence-corrected chi connectivity index (χ2v) is 12.2. The molecular formula is C29H37N7O5S. The molecule has 1 amide bonds. The molecule has 6 rings (SSSR count). The molecule has 3 saturated heterocycles. The Morgan fingerprint density at radius 2 is 1.90 bits per heavy atom. The first kappa shape index (κ1) is 28.7. The number of carbonyl (C=O) groups excluding carboxylic acids is 1. The molecule has 0 bridgehead atoms. The number of amides is 1. The first-order chi connectivity index (χ1) is 20.4. The molecule has 3 aromatic rings. The predicted octanol–water partition coefficient (Wildman–Crippen LogP) is 3.37. The number of carboxylic acid groups (broad SMARTS) is 1. The number of ether oxygens (including phenoxy) is 2. The number of benzene rings is 1. The van der Waals surface area contributed by atoms with E-state index in [-0.39, 0.29) is 23.9 Å². The van der Waals surface area contributed by atoms with Gasteiger partial charge in [-0.3, -0.25) is 9.47 Å². The van der Waals surface area contributed by atoms with Crippen LogP contribution < -0.4 is 5.73 Å². The SMILES string of the molecule is CSCC1O[C@@H](n2cnc3c(N)ncnc32)[C@H](C2CCCN(C3CCN(C(=O)O)CC3)C2)[C@@H]1OC(=O)c1ccccc1. The van der Waals surface area contributed by atoms with Crippen LogP contribution in [0.1, 0.15) is 42.3 Å². The van der Waals surface area contributed by atoms with Crippen LogP contribution >= 0.6 is 11.8 Å². The number of aromatic nitrogens is 4. The Morgan fingerprint density at radius 1 is 1.12 bits per heavy atom. The van der Waals surface area contributed by atoms with E-state index in [1.54, 1.807) is 30.2 Å². The van der Waals surface area contributed by atoms with Gasteiger partial charge in [0, 0.05) is 37.3 Å². The number of fused-ring (bicyclic) bond motifs is 1. The number of rotatable bonds is 7. The summed E-state index contributed by atoms with van der Waals surface area (Å²) in [5, 5.41) is 9.42. The van der Waals surface area contributed by atoms with E-state index in [1.807, 2.05) is 29.0 Å². The molecule has 1 aromatic carbocycles. The highest BCUT2D eigenvalue weighted by atomic mass is 32.2. The Kier molecular flexibility index (Phi) is 8.50. The van der Waals surface area contributed by atoms with Gasteiger partial charge in [0.05, 0.1) is 11.9 Å². The second kappa shape index (κ2) is 12.4. The topological polar surface area (TPSA) is 149 Å². The number of piperidine rings is 2. The Labute approximate surface area is 248 Å². The number of anilines is 1. The number of hydrogen-bond acceptors (Lipinski definition) is 10.